The minimum absolute atomic E-state index is 0.155. The van der Waals surface area contributed by atoms with E-state index in [-0.39, 0.29) is 5.91 Å². The Morgan fingerprint density at radius 1 is 1.14 bits per heavy atom. The van der Waals surface area contributed by atoms with Crippen LogP contribution in [0.4, 0.5) is 0 Å². The number of carbonyl (C=O) groups is 1. The van der Waals surface area contributed by atoms with Crippen LogP contribution < -0.4 is 0 Å². The molecule has 2 aliphatic rings. The normalized spacial score (nSPS) is 21.0. The highest BCUT2D eigenvalue weighted by Gasteiger charge is 2.26. The number of hydrogen-bond donors (Lipinski definition) is 0. The fraction of sp³-hybridized carbons (Fsp3) is 0.545. The largest absolute Gasteiger partial charge is 0.379 e. The van der Waals surface area contributed by atoms with Gasteiger partial charge < -0.3 is 9.64 Å². The van der Waals surface area contributed by atoms with Gasteiger partial charge in [-0.3, -0.25) is 14.4 Å². The van der Waals surface area contributed by atoms with Crippen molar-refractivity contribution >= 4 is 5.91 Å². The molecule has 0 aliphatic carbocycles. The Labute approximate surface area is 167 Å². The van der Waals surface area contributed by atoms with Crippen molar-refractivity contribution in [1.29, 1.82) is 0 Å². The van der Waals surface area contributed by atoms with Crippen LogP contribution in [0.3, 0.4) is 0 Å². The first kappa shape index (κ1) is 19.2. The van der Waals surface area contributed by atoms with Crippen molar-refractivity contribution in [3.63, 3.8) is 0 Å². The molecule has 1 aromatic carbocycles. The summed E-state index contributed by atoms with van der Waals surface area (Å²) in [6.45, 7) is 9.43. The summed E-state index contributed by atoms with van der Waals surface area (Å²) in [7, 11) is 0. The molecular weight excluding hydrogens is 352 g/mol. The van der Waals surface area contributed by atoms with E-state index in [4.69, 9.17) is 4.74 Å². The molecule has 1 atom stereocenters. The van der Waals surface area contributed by atoms with Crippen LogP contribution in [0.15, 0.2) is 36.7 Å². The number of morpholine rings is 1. The van der Waals surface area contributed by atoms with Crippen LogP contribution >= 0.6 is 0 Å². The Hall–Kier alpha value is -2.18. The molecule has 1 amide bonds. The zero-order valence-electron chi connectivity index (χ0n) is 16.7. The fourth-order valence-corrected chi connectivity index (χ4v) is 4.22. The Balaban J connectivity index is 1.37. The van der Waals surface area contributed by atoms with E-state index in [1.807, 2.05) is 46.2 Å². The lowest BCUT2D eigenvalue weighted by Crippen LogP contribution is -2.46. The molecule has 4 rings (SSSR count). The number of aryl methyl sites for hydroxylation is 1. The number of likely N-dealkylation sites (tertiary alicyclic amines) is 1. The third-order valence-corrected chi connectivity index (χ3v) is 5.85. The second-order valence-electron chi connectivity index (χ2n) is 7.83. The van der Waals surface area contributed by atoms with Crippen molar-refractivity contribution in [2.45, 2.75) is 26.3 Å². The maximum absolute atomic E-state index is 13.0. The van der Waals surface area contributed by atoms with Gasteiger partial charge in [0.15, 0.2) is 0 Å². The van der Waals surface area contributed by atoms with E-state index < -0.39 is 0 Å². The predicted octanol–water partition coefficient (Wildman–Crippen LogP) is 2.75. The molecule has 150 valence electrons. The molecule has 1 unspecified atom stereocenters. The highest BCUT2D eigenvalue weighted by Crippen LogP contribution is 2.23. The number of nitrogens with zero attached hydrogens (tertiary/aromatic N) is 4. The first-order valence-corrected chi connectivity index (χ1v) is 10.4. The number of rotatable bonds is 5. The summed E-state index contributed by atoms with van der Waals surface area (Å²) in [5.74, 6) is 0.720. The van der Waals surface area contributed by atoms with E-state index in [0.29, 0.717) is 5.92 Å². The van der Waals surface area contributed by atoms with Crippen LogP contribution in [0.2, 0.25) is 0 Å². The second kappa shape index (κ2) is 8.88. The fourth-order valence-electron chi connectivity index (χ4n) is 4.22. The average Bonchev–Trinajstić information content (AvgIpc) is 3.24. The Morgan fingerprint density at radius 2 is 1.93 bits per heavy atom. The third-order valence-electron chi connectivity index (χ3n) is 5.85. The molecule has 1 aromatic heterocycles. The highest BCUT2D eigenvalue weighted by atomic mass is 16.5. The topological polar surface area (TPSA) is 50.6 Å². The maximum atomic E-state index is 13.0. The second-order valence-corrected chi connectivity index (χ2v) is 7.83. The zero-order chi connectivity index (χ0) is 19.3. The van der Waals surface area contributed by atoms with E-state index in [1.54, 1.807) is 0 Å². The molecular formula is C22H30N4O2. The molecule has 6 heteroatoms. The van der Waals surface area contributed by atoms with Gasteiger partial charge in [-0.2, -0.15) is 5.10 Å². The van der Waals surface area contributed by atoms with E-state index in [1.165, 1.54) is 6.42 Å². The van der Waals surface area contributed by atoms with Crippen LogP contribution in [0.1, 0.15) is 30.1 Å². The molecule has 6 nitrogen and oxygen atoms in total. The first-order valence-electron chi connectivity index (χ1n) is 10.4. The van der Waals surface area contributed by atoms with Gasteiger partial charge in [0.2, 0.25) is 0 Å². The van der Waals surface area contributed by atoms with Gasteiger partial charge in [-0.25, -0.2) is 0 Å². The number of benzene rings is 1. The molecule has 2 saturated heterocycles. The average molecular weight is 383 g/mol. The summed E-state index contributed by atoms with van der Waals surface area (Å²) in [6, 6.07) is 7.96. The molecule has 0 saturated carbocycles. The number of ether oxygens (including phenoxy) is 1. The molecule has 0 bridgehead atoms. The lowest BCUT2D eigenvalue weighted by Gasteiger charge is -2.36. The van der Waals surface area contributed by atoms with Crippen molar-refractivity contribution < 1.29 is 9.53 Å². The molecule has 2 fully saturated rings. The highest BCUT2D eigenvalue weighted by molar-refractivity contribution is 5.94. The third kappa shape index (κ3) is 4.45. The van der Waals surface area contributed by atoms with Crippen molar-refractivity contribution in [2.24, 2.45) is 5.92 Å². The summed E-state index contributed by atoms with van der Waals surface area (Å²) in [5.41, 5.74) is 2.96. The first-order chi connectivity index (χ1) is 13.7. The summed E-state index contributed by atoms with van der Waals surface area (Å²) in [6.07, 6.45) is 6.22. The van der Waals surface area contributed by atoms with Crippen LogP contribution in [0.5, 0.6) is 0 Å². The van der Waals surface area contributed by atoms with Crippen molar-refractivity contribution in [3.05, 3.63) is 42.2 Å². The van der Waals surface area contributed by atoms with Gasteiger partial charge in [-0.05, 0) is 43.4 Å². The van der Waals surface area contributed by atoms with Crippen molar-refractivity contribution in [3.8, 4) is 11.1 Å². The molecule has 2 aromatic rings. The number of amides is 1. The number of carbonyl (C=O) groups excluding carboxylic acids is 1. The predicted molar refractivity (Wildman–Crippen MR) is 109 cm³/mol. The van der Waals surface area contributed by atoms with E-state index >= 15 is 0 Å². The molecule has 28 heavy (non-hydrogen) atoms. The lowest BCUT2D eigenvalue weighted by atomic mass is 9.96. The van der Waals surface area contributed by atoms with Crippen molar-refractivity contribution in [2.75, 3.05) is 45.9 Å². The maximum Gasteiger partial charge on any atom is 0.253 e. The van der Waals surface area contributed by atoms with Crippen LogP contribution in [-0.2, 0) is 11.3 Å². The van der Waals surface area contributed by atoms with Gasteiger partial charge in [0.25, 0.3) is 5.91 Å². The van der Waals surface area contributed by atoms with Crippen LogP contribution in [-0.4, -0.2) is 71.4 Å². The minimum atomic E-state index is 0.155. The smallest absolute Gasteiger partial charge is 0.253 e. The van der Waals surface area contributed by atoms with Gasteiger partial charge in [0, 0.05) is 56.6 Å². The summed E-state index contributed by atoms with van der Waals surface area (Å²) < 4.78 is 7.36. The van der Waals surface area contributed by atoms with E-state index in [9.17, 15) is 4.79 Å². The van der Waals surface area contributed by atoms with E-state index in [0.717, 1.165) is 75.6 Å². The van der Waals surface area contributed by atoms with Gasteiger partial charge >= 0.3 is 0 Å². The van der Waals surface area contributed by atoms with Crippen LogP contribution in [0.25, 0.3) is 11.1 Å². The molecule has 0 N–H and O–H groups in total. The minimum Gasteiger partial charge on any atom is -0.379 e. The number of hydrogen-bond acceptors (Lipinski definition) is 4. The molecule has 0 radical (unpaired) electrons. The SMILES string of the molecule is CCn1cc(-c2ccc(C(=O)N3CCCC(CN4CCOCC4)C3)cc2)cn1. The zero-order valence-corrected chi connectivity index (χ0v) is 16.7. The molecule has 2 aliphatic heterocycles. The van der Waals surface area contributed by atoms with Crippen LogP contribution in [0, 0.1) is 5.92 Å². The Morgan fingerprint density at radius 3 is 2.64 bits per heavy atom. The molecule has 0 spiro atoms. The Kier molecular flexibility index (Phi) is 6.07. The summed E-state index contributed by atoms with van der Waals surface area (Å²) in [4.78, 5) is 17.5. The number of aromatic nitrogens is 2. The summed E-state index contributed by atoms with van der Waals surface area (Å²) >= 11 is 0. The lowest BCUT2D eigenvalue weighted by molar-refractivity contribution is 0.0224. The van der Waals surface area contributed by atoms with Crippen molar-refractivity contribution in [1.82, 2.24) is 19.6 Å². The van der Waals surface area contributed by atoms with Gasteiger partial charge in [0.1, 0.15) is 0 Å². The molecule has 3 heterocycles. The quantitative estimate of drug-likeness (QED) is 0.798. The van der Waals surface area contributed by atoms with Gasteiger partial charge in [0.05, 0.1) is 19.4 Å². The standard InChI is InChI=1S/C22H30N4O2/c1-2-26-17-21(14-23-26)19-5-7-20(8-6-19)22(27)25-9-3-4-18(16-25)15-24-10-12-28-13-11-24/h5-8,14,17-18H,2-4,9-13,15-16H2,1H3. The summed E-state index contributed by atoms with van der Waals surface area (Å²) in [5, 5.41) is 4.33. The monoisotopic (exact) mass is 382 g/mol. The number of piperidine rings is 1. The van der Waals surface area contributed by atoms with Gasteiger partial charge in [-0.15, -0.1) is 0 Å². The van der Waals surface area contributed by atoms with E-state index in [2.05, 4.69) is 16.9 Å². The Bertz CT molecular complexity index is 780. The van der Waals surface area contributed by atoms with Gasteiger partial charge in [-0.1, -0.05) is 12.1 Å².